The molecule has 2 heterocycles. The van der Waals surface area contributed by atoms with E-state index in [0.717, 1.165) is 19.5 Å². The standard InChI is InChI=1S/C11H18N4O2S/c1-14-5-2-6-15(8-7-14)18(16,17)10-3-4-13-11(12)9-10/h3-4,9H,2,5-8H2,1H3,(H2,12,13). The molecule has 2 N–H and O–H groups in total. The van der Waals surface area contributed by atoms with Crippen LogP contribution in [0.2, 0.25) is 0 Å². The number of aromatic nitrogens is 1. The highest BCUT2D eigenvalue weighted by atomic mass is 32.2. The number of nitrogens with zero attached hydrogens (tertiary/aromatic N) is 3. The maximum atomic E-state index is 12.4. The van der Waals surface area contributed by atoms with E-state index in [9.17, 15) is 8.42 Å². The van der Waals surface area contributed by atoms with Crippen molar-refractivity contribution >= 4 is 15.8 Å². The zero-order valence-corrected chi connectivity index (χ0v) is 11.2. The van der Waals surface area contributed by atoms with Crippen LogP contribution in [0.3, 0.4) is 0 Å². The first-order valence-electron chi connectivity index (χ1n) is 5.90. The second-order valence-electron chi connectivity index (χ2n) is 4.48. The summed E-state index contributed by atoms with van der Waals surface area (Å²) in [6.07, 6.45) is 2.27. The number of likely N-dealkylation sites (N-methyl/N-ethyl adjacent to an activating group) is 1. The molecule has 1 aromatic heterocycles. The molecule has 0 aromatic carbocycles. The van der Waals surface area contributed by atoms with Gasteiger partial charge < -0.3 is 10.6 Å². The largest absolute Gasteiger partial charge is 0.384 e. The van der Waals surface area contributed by atoms with Gasteiger partial charge in [-0.1, -0.05) is 0 Å². The van der Waals surface area contributed by atoms with Crippen LogP contribution < -0.4 is 5.73 Å². The number of anilines is 1. The lowest BCUT2D eigenvalue weighted by atomic mass is 10.4. The van der Waals surface area contributed by atoms with E-state index in [1.165, 1.54) is 22.6 Å². The number of rotatable bonds is 2. The molecular formula is C11H18N4O2S. The van der Waals surface area contributed by atoms with Gasteiger partial charge in [0, 0.05) is 31.9 Å². The van der Waals surface area contributed by atoms with Crippen molar-refractivity contribution in [1.82, 2.24) is 14.2 Å². The van der Waals surface area contributed by atoms with E-state index in [1.54, 1.807) is 0 Å². The lowest BCUT2D eigenvalue weighted by Crippen LogP contribution is -2.34. The lowest BCUT2D eigenvalue weighted by Gasteiger charge is -2.20. The molecule has 0 atom stereocenters. The number of hydrogen-bond acceptors (Lipinski definition) is 5. The molecule has 1 aliphatic heterocycles. The van der Waals surface area contributed by atoms with Crippen molar-refractivity contribution in [3.05, 3.63) is 18.3 Å². The third-order valence-electron chi connectivity index (χ3n) is 3.07. The van der Waals surface area contributed by atoms with E-state index in [4.69, 9.17) is 5.73 Å². The second kappa shape index (κ2) is 5.21. The zero-order valence-electron chi connectivity index (χ0n) is 10.4. The molecule has 18 heavy (non-hydrogen) atoms. The lowest BCUT2D eigenvalue weighted by molar-refractivity contribution is 0.347. The summed E-state index contributed by atoms with van der Waals surface area (Å²) in [6, 6.07) is 2.89. The van der Waals surface area contributed by atoms with E-state index >= 15 is 0 Å². The molecule has 0 saturated carbocycles. The Morgan fingerprint density at radius 2 is 2.06 bits per heavy atom. The molecule has 1 aliphatic rings. The van der Waals surface area contributed by atoms with E-state index in [1.807, 2.05) is 7.05 Å². The third kappa shape index (κ3) is 2.80. The van der Waals surface area contributed by atoms with Gasteiger partial charge in [0.1, 0.15) is 5.82 Å². The van der Waals surface area contributed by atoms with Crippen molar-refractivity contribution in [3.8, 4) is 0 Å². The quantitative estimate of drug-likeness (QED) is 0.817. The minimum absolute atomic E-state index is 0.222. The van der Waals surface area contributed by atoms with Crippen molar-refractivity contribution in [2.24, 2.45) is 0 Å². The summed E-state index contributed by atoms with van der Waals surface area (Å²) in [7, 11) is -1.44. The van der Waals surface area contributed by atoms with Crippen LogP contribution in [-0.4, -0.2) is 55.8 Å². The Balaban J connectivity index is 2.25. The first kappa shape index (κ1) is 13.3. The van der Waals surface area contributed by atoms with Crippen LogP contribution in [0, 0.1) is 0 Å². The van der Waals surface area contributed by atoms with E-state index in [-0.39, 0.29) is 10.7 Å². The van der Waals surface area contributed by atoms with Gasteiger partial charge in [0.25, 0.3) is 0 Å². The molecule has 100 valence electrons. The topological polar surface area (TPSA) is 79.5 Å². The maximum Gasteiger partial charge on any atom is 0.243 e. The fourth-order valence-electron chi connectivity index (χ4n) is 2.00. The van der Waals surface area contributed by atoms with Crippen LogP contribution in [0.1, 0.15) is 6.42 Å². The Hall–Kier alpha value is -1.18. The summed E-state index contributed by atoms with van der Waals surface area (Å²) in [4.78, 5) is 6.17. The van der Waals surface area contributed by atoms with Crippen molar-refractivity contribution in [2.75, 3.05) is 39.0 Å². The molecule has 2 rings (SSSR count). The SMILES string of the molecule is CN1CCCN(S(=O)(=O)c2ccnc(N)c2)CC1. The summed E-state index contributed by atoms with van der Waals surface area (Å²) in [6.45, 7) is 2.74. The van der Waals surface area contributed by atoms with Crippen LogP contribution >= 0.6 is 0 Å². The molecule has 1 saturated heterocycles. The number of pyridine rings is 1. The zero-order chi connectivity index (χ0) is 13.2. The fraction of sp³-hybridized carbons (Fsp3) is 0.545. The molecule has 1 fully saturated rings. The van der Waals surface area contributed by atoms with Gasteiger partial charge in [0.15, 0.2) is 0 Å². The van der Waals surface area contributed by atoms with Crippen LogP contribution in [0.5, 0.6) is 0 Å². The third-order valence-corrected chi connectivity index (χ3v) is 4.96. The number of nitrogen functional groups attached to an aromatic ring is 1. The van der Waals surface area contributed by atoms with E-state index < -0.39 is 10.0 Å². The Morgan fingerprint density at radius 1 is 1.28 bits per heavy atom. The summed E-state index contributed by atoms with van der Waals surface area (Å²) in [5.74, 6) is 0.225. The summed E-state index contributed by atoms with van der Waals surface area (Å²) < 4.78 is 26.4. The number of nitrogens with two attached hydrogens (primary N) is 1. The highest BCUT2D eigenvalue weighted by Gasteiger charge is 2.26. The average Bonchev–Trinajstić information content (AvgIpc) is 2.54. The predicted octanol–water partition coefficient (Wildman–Crippen LogP) is -0.0100. The summed E-state index contributed by atoms with van der Waals surface area (Å²) in [5, 5.41) is 0. The number of hydrogen-bond donors (Lipinski definition) is 1. The molecule has 1 aromatic rings. The van der Waals surface area contributed by atoms with Crippen molar-refractivity contribution in [3.63, 3.8) is 0 Å². The monoisotopic (exact) mass is 270 g/mol. The second-order valence-corrected chi connectivity index (χ2v) is 6.42. The first-order chi connectivity index (χ1) is 8.50. The summed E-state index contributed by atoms with van der Waals surface area (Å²) >= 11 is 0. The molecular weight excluding hydrogens is 252 g/mol. The highest BCUT2D eigenvalue weighted by Crippen LogP contribution is 2.18. The maximum absolute atomic E-state index is 12.4. The van der Waals surface area contributed by atoms with Gasteiger partial charge in [0.2, 0.25) is 10.0 Å². The van der Waals surface area contributed by atoms with Crippen molar-refractivity contribution in [1.29, 1.82) is 0 Å². The van der Waals surface area contributed by atoms with E-state index in [0.29, 0.717) is 13.1 Å². The van der Waals surface area contributed by atoms with Gasteiger partial charge in [-0.05, 0) is 26.1 Å². The van der Waals surface area contributed by atoms with Gasteiger partial charge >= 0.3 is 0 Å². The number of sulfonamides is 1. The molecule has 0 unspecified atom stereocenters. The van der Waals surface area contributed by atoms with Crippen LogP contribution in [-0.2, 0) is 10.0 Å². The predicted molar refractivity (Wildman–Crippen MR) is 69.5 cm³/mol. The van der Waals surface area contributed by atoms with Gasteiger partial charge in [0.05, 0.1) is 4.90 Å². The molecule has 7 heteroatoms. The van der Waals surface area contributed by atoms with Crippen molar-refractivity contribution < 1.29 is 8.42 Å². The first-order valence-corrected chi connectivity index (χ1v) is 7.34. The van der Waals surface area contributed by atoms with Crippen LogP contribution in [0.4, 0.5) is 5.82 Å². The highest BCUT2D eigenvalue weighted by molar-refractivity contribution is 7.89. The Bertz CT molecular complexity index is 518. The molecule has 0 aliphatic carbocycles. The van der Waals surface area contributed by atoms with Gasteiger partial charge in [-0.15, -0.1) is 0 Å². The van der Waals surface area contributed by atoms with Crippen LogP contribution in [0.25, 0.3) is 0 Å². The van der Waals surface area contributed by atoms with Gasteiger partial charge in [-0.2, -0.15) is 4.31 Å². The molecule has 0 bridgehead atoms. The average molecular weight is 270 g/mol. The Labute approximate surface area is 107 Å². The minimum atomic E-state index is -3.44. The fourth-order valence-corrected chi connectivity index (χ4v) is 3.49. The molecule has 0 radical (unpaired) electrons. The Kier molecular flexibility index (Phi) is 3.84. The van der Waals surface area contributed by atoms with Gasteiger partial charge in [-0.3, -0.25) is 0 Å². The molecule has 0 spiro atoms. The van der Waals surface area contributed by atoms with E-state index in [2.05, 4.69) is 9.88 Å². The minimum Gasteiger partial charge on any atom is -0.384 e. The van der Waals surface area contributed by atoms with Gasteiger partial charge in [-0.25, -0.2) is 13.4 Å². The molecule has 0 amide bonds. The smallest absolute Gasteiger partial charge is 0.243 e. The normalized spacial score (nSPS) is 19.6. The Morgan fingerprint density at radius 3 is 2.78 bits per heavy atom. The van der Waals surface area contributed by atoms with Crippen LogP contribution in [0.15, 0.2) is 23.2 Å². The summed E-state index contributed by atoms with van der Waals surface area (Å²) in [5.41, 5.74) is 5.54. The molecule has 6 nitrogen and oxygen atoms in total. The van der Waals surface area contributed by atoms with Crippen molar-refractivity contribution in [2.45, 2.75) is 11.3 Å².